The smallest absolute Gasteiger partial charge is 0.171 e. The number of nitriles is 1. The van der Waals surface area contributed by atoms with Crippen LogP contribution in [0.3, 0.4) is 0 Å². The maximum Gasteiger partial charge on any atom is 0.171 e. The molecule has 0 atom stereocenters. The summed E-state index contributed by atoms with van der Waals surface area (Å²) in [5, 5.41) is 18.2. The van der Waals surface area contributed by atoms with E-state index >= 15 is 0 Å². The number of nitrogens with one attached hydrogen (secondary N) is 1. The fourth-order valence-electron chi connectivity index (χ4n) is 1.26. The van der Waals surface area contributed by atoms with Crippen LogP contribution >= 0.6 is 0 Å². The van der Waals surface area contributed by atoms with Gasteiger partial charge in [-0.05, 0) is 6.07 Å². The van der Waals surface area contributed by atoms with Gasteiger partial charge in [-0.3, -0.25) is 0 Å². The summed E-state index contributed by atoms with van der Waals surface area (Å²) in [7, 11) is 0. The second kappa shape index (κ2) is 4.71. The van der Waals surface area contributed by atoms with Crippen molar-refractivity contribution >= 4 is 11.5 Å². The first-order valence-corrected chi connectivity index (χ1v) is 4.75. The number of hydrogen-bond acceptors (Lipinski definition) is 4. The molecule has 0 spiro atoms. The average molecular weight is 250 g/mol. The van der Waals surface area contributed by atoms with E-state index in [1.54, 1.807) is 6.07 Å². The van der Waals surface area contributed by atoms with Crippen LogP contribution in [0.15, 0.2) is 24.4 Å². The number of nitrogens with zero attached hydrogens (tertiary/aromatic N) is 3. The summed E-state index contributed by atoms with van der Waals surface area (Å²) in [5.41, 5.74) is -0.222. The molecule has 1 aromatic heterocycles. The third-order valence-corrected chi connectivity index (χ3v) is 2.10. The monoisotopic (exact) mass is 250 g/mol. The van der Waals surface area contributed by atoms with Crippen LogP contribution in [0.2, 0.25) is 0 Å². The van der Waals surface area contributed by atoms with Gasteiger partial charge in [0.05, 0.1) is 17.4 Å². The largest absolute Gasteiger partial charge is 0.335 e. The number of rotatable bonds is 2. The van der Waals surface area contributed by atoms with E-state index in [2.05, 4.69) is 15.5 Å². The highest BCUT2D eigenvalue weighted by Crippen LogP contribution is 2.22. The molecule has 0 bridgehead atoms. The number of aromatic nitrogens is 2. The zero-order valence-corrected chi connectivity index (χ0v) is 8.78. The molecular formula is C11H5F3N4. The van der Waals surface area contributed by atoms with Crippen LogP contribution in [0.5, 0.6) is 0 Å². The fourth-order valence-corrected chi connectivity index (χ4v) is 1.26. The molecule has 0 saturated heterocycles. The van der Waals surface area contributed by atoms with Gasteiger partial charge in [0, 0.05) is 12.1 Å². The Morgan fingerprint density at radius 1 is 1.11 bits per heavy atom. The van der Waals surface area contributed by atoms with E-state index in [4.69, 9.17) is 5.26 Å². The molecule has 2 aromatic rings. The van der Waals surface area contributed by atoms with Gasteiger partial charge in [-0.15, -0.1) is 5.10 Å². The van der Waals surface area contributed by atoms with Crippen LogP contribution in [-0.4, -0.2) is 10.2 Å². The molecule has 0 saturated carbocycles. The van der Waals surface area contributed by atoms with Crippen molar-refractivity contribution in [2.45, 2.75) is 0 Å². The Labute approximate surface area is 99.7 Å². The Morgan fingerprint density at radius 2 is 1.83 bits per heavy atom. The summed E-state index contributed by atoms with van der Waals surface area (Å²) in [6.07, 6.45) is 1.28. The molecule has 0 fully saturated rings. The maximum atomic E-state index is 13.4. The lowest BCUT2D eigenvalue weighted by Gasteiger charge is -2.07. The van der Waals surface area contributed by atoms with Gasteiger partial charge in [0.2, 0.25) is 0 Å². The van der Waals surface area contributed by atoms with Crippen LogP contribution in [0, 0.1) is 28.8 Å². The lowest BCUT2D eigenvalue weighted by atomic mass is 10.2. The fraction of sp³-hybridized carbons (Fsp3) is 0. The lowest BCUT2D eigenvalue weighted by Crippen LogP contribution is -2.01. The molecule has 0 radical (unpaired) electrons. The van der Waals surface area contributed by atoms with Crippen LogP contribution in [-0.2, 0) is 0 Å². The molecule has 0 aliphatic heterocycles. The van der Waals surface area contributed by atoms with Gasteiger partial charge in [-0.1, -0.05) is 0 Å². The molecule has 1 N–H and O–H groups in total. The van der Waals surface area contributed by atoms with Crippen molar-refractivity contribution in [1.82, 2.24) is 10.2 Å². The van der Waals surface area contributed by atoms with Gasteiger partial charge in [-0.2, -0.15) is 10.4 Å². The van der Waals surface area contributed by atoms with Crippen molar-refractivity contribution < 1.29 is 13.2 Å². The quantitative estimate of drug-likeness (QED) is 0.832. The van der Waals surface area contributed by atoms with Gasteiger partial charge < -0.3 is 5.32 Å². The molecule has 90 valence electrons. The first-order chi connectivity index (χ1) is 8.61. The Balaban J connectivity index is 2.41. The minimum absolute atomic E-state index is 0.0371. The molecule has 0 amide bonds. The van der Waals surface area contributed by atoms with Crippen molar-refractivity contribution in [3.63, 3.8) is 0 Å². The van der Waals surface area contributed by atoms with Crippen molar-refractivity contribution in [3.05, 3.63) is 47.4 Å². The van der Waals surface area contributed by atoms with Gasteiger partial charge >= 0.3 is 0 Å². The number of halogens is 3. The van der Waals surface area contributed by atoms with E-state index in [9.17, 15) is 13.2 Å². The molecule has 1 aromatic carbocycles. The van der Waals surface area contributed by atoms with Crippen LogP contribution in [0.4, 0.5) is 24.7 Å². The summed E-state index contributed by atoms with van der Waals surface area (Å²) in [5.74, 6) is -3.53. The summed E-state index contributed by atoms with van der Waals surface area (Å²) in [6, 6.07) is 4.20. The van der Waals surface area contributed by atoms with E-state index in [1.165, 1.54) is 12.3 Å². The molecule has 0 aliphatic carbocycles. The zero-order valence-electron chi connectivity index (χ0n) is 8.78. The minimum atomic E-state index is -1.29. The normalized spacial score (nSPS) is 9.89. The van der Waals surface area contributed by atoms with E-state index in [-0.39, 0.29) is 17.1 Å². The zero-order chi connectivity index (χ0) is 13.1. The molecule has 1 heterocycles. The topological polar surface area (TPSA) is 61.6 Å². The summed E-state index contributed by atoms with van der Waals surface area (Å²) < 4.78 is 39.0. The van der Waals surface area contributed by atoms with Crippen molar-refractivity contribution in [1.29, 1.82) is 5.26 Å². The van der Waals surface area contributed by atoms with Gasteiger partial charge in [-0.25, -0.2) is 13.2 Å². The van der Waals surface area contributed by atoms with E-state index in [0.29, 0.717) is 12.1 Å². The molecule has 7 heteroatoms. The molecule has 4 nitrogen and oxygen atoms in total. The average Bonchev–Trinajstić information content (AvgIpc) is 2.36. The van der Waals surface area contributed by atoms with Gasteiger partial charge in [0.1, 0.15) is 11.9 Å². The Hall–Kier alpha value is -2.62. The van der Waals surface area contributed by atoms with Crippen molar-refractivity contribution in [2.75, 3.05) is 5.32 Å². The molecule has 2 rings (SSSR count). The van der Waals surface area contributed by atoms with E-state index < -0.39 is 17.5 Å². The second-order valence-corrected chi connectivity index (χ2v) is 3.28. The van der Waals surface area contributed by atoms with Gasteiger partial charge in [0.15, 0.2) is 17.5 Å². The lowest BCUT2D eigenvalue weighted by molar-refractivity contribution is 0.496. The molecule has 18 heavy (non-hydrogen) atoms. The second-order valence-electron chi connectivity index (χ2n) is 3.28. The van der Waals surface area contributed by atoms with Gasteiger partial charge in [0.25, 0.3) is 0 Å². The summed E-state index contributed by atoms with van der Waals surface area (Å²) >= 11 is 0. The van der Waals surface area contributed by atoms with Crippen LogP contribution in [0.1, 0.15) is 5.56 Å². The Morgan fingerprint density at radius 3 is 2.56 bits per heavy atom. The predicted molar refractivity (Wildman–Crippen MR) is 56.3 cm³/mol. The SMILES string of the molecule is N#Cc1ccnnc1Nc1cc(F)c(F)cc1F. The first-order valence-electron chi connectivity index (χ1n) is 4.75. The standard InChI is InChI=1S/C11H5F3N4/c12-7-3-9(14)10(4-8(7)13)17-11-6(5-15)1-2-16-18-11/h1-4H,(H,17,18). The summed E-state index contributed by atoms with van der Waals surface area (Å²) in [4.78, 5) is 0. The van der Waals surface area contributed by atoms with Crippen molar-refractivity contribution in [2.24, 2.45) is 0 Å². The number of benzene rings is 1. The highest BCUT2D eigenvalue weighted by Gasteiger charge is 2.12. The van der Waals surface area contributed by atoms with Crippen molar-refractivity contribution in [3.8, 4) is 6.07 Å². The molecule has 0 aliphatic rings. The van der Waals surface area contributed by atoms with E-state index in [1.807, 2.05) is 0 Å². The third kappa shape index (κ3) is 2.22. The third-order valence-electron chi connectivity index (χ3n) is 2.10. The Bertz CT molecular complexity index is 637. The van der Waals surface area contributed by atoms with Crippen LogP contribution in [0.25, 0.3) is 0 Å². The highest BCUT2D eigenvalue weighted by molar-refractivity contribution is 5.62. The number of hydrogen-bond donors (Lipinski definition) is 1. The highest BCUT2D eigenvalue weighted by atomic mass is 19.2. The first kappa shape index (κ1) is 11.9. The number of anilines is 2. The summed E-state index contributed by atoms with van der Waals surface area (Å²) in [6.45, 7) is 0. The predicted octanol–water partition coefficient (Wildman–Crippen LogP) is 2.51. The molecular weight excluding hydrogens is 245 g/mol. The van der Waals surface area contributed by atoms with Crippen LogP contribution < -0.4 is 5.32 Å². The van der Waals surface area contributed by atoms with E-state index in [0.717, 1.165) is 0 Å². The molecule has 0 unspecified atom stereocenters. The Kier molecular flexibility index (Phi) is 3.10. The maximum absolute atomic E-state index is 13.4. The minimum Gasteiger partial charge on any atom is -0.335 e.